The first kappa shape index (κ1) is 18.2. The van der Waals surface area contributed by atoms with Gasteiger partial charge in [-0.05, 0) is 49.2 Å². The number of aryl methyl sites for hydroxylation is 2. The Labute approximate surface area is 152 Å². The number of hydrogen-bond donors (Lipinski definition) is 2. The third-order valence-electron chi connectivity index (χ3n) is 4.29. The summed E-state index contributed by atoms with van der Waals surface area (Å²) in [6.45, 7) is 2.26. The highest BCUT2D eigenvalue weighted by Gasteiger charge is 2.15. The van der Waals surface area contributed by atoms with Gasteiger partial charge in [-0.1, -0.05) is 24.3 Å². The first-order valence-electron chi connectivity index (χ1n) is 8.28. The molecule has 3 rings (SSSR count). The van der Waals surface area contributed by atoms with E-state index in [2.05, 4.69) is 10.0 Å². The molecule has 26 heavy (non-hydrogen) atoms. The predicted octanol–water partition coefficient (Wildman–Crippen LogP) is 2.89. The van der Waals surface area contributed by atoms with Gasteiger partial charge in [0.05, 0.1) is 4.90 Å². The Morgan fingerprint density at radius 2 is 1.88 bits per heavy atom. The molecule has 0 aliphatic heterocycles. The molecule has 1 heterocycles. The molecule has 0 saturated heterocycles. The van der Waals surface area contributed by atoms with Gasteiger partial charge in [-0.3, -0.25) is 4.79 Å². The van der Waals surface area contributed by atoms with Crippen molar-refractivity contribution in [2.45, 2.75) is 24.8 Å². The summed E-state index contributed by atoms with van der Waals surface area (Å²) in [7, 11) is -2.20. The number of nitrogens with one attached hydrogen (secondary N) is 2. The van der Waals surface area contributed by atoms with E-state index in [1.807, 2.05) is 41.1 Å². The van der Waals surface area contributed by atoms with E-state index in [1.54, 1.807) is 19.1 Å². The number of rotatable bonds is 6. The van der Waals surface area contributed by atoms with E-state index in [4.69, 9.17) is 0 Å². The number of anilines is 1. The monoisotopic (exact) mass is 371 g/mol. The highest BCUT2D eigenvalue weighted by atomic mass is 32.2. The van der Waals surface area contributed by atoms with E-state index in [0.29, 0.717) is 24.2 Å². The minimum Gasteiger partial charge on any atom is -0.347 e. The predicted molar refractivity (Wildman–Crippen MR) is 103 cm³/mol. The highest BCUT2D eigenvalue weighted by molar-refractivity contribution is 7.89. The first-order chi connectivity index (χ1) is 12.4. The van der Waals surface area contributed by atoms with Gasteiger partial charge < -0.3 is 9.88 Å². The number of sulfonamides is 1. The molecule has 2 N–H and O–H groups in total. The van der Waals surface area contributed by atoms with Crippen LogP contribution in [-0.2, 0) is 21.4 Å². The average molecular weight is 371 g/mol. The molecular formula is C19H21N3O3S. The summed E-state index contributed by atoms with van der Waals surface area (Å²) in [6, 6.07) is 14.9. The summed E-state index contributed by atoms with van der Waals surface area (Å²) in [6.07, 6.45) is 2.25. The molecular weight excluding hydrogens is 350 g/mol. The second-order valence-corrected chi connectivity index (χ2v) is 7.91. The summed E-state index contributed by atoms with van der Waals surface area (Å²) < 4.78 is 28.4. The fourth-order valence-corrected chi connectivity index (χ4v) is 3.85. The van der Waals surface area contributed by atoms with E-state index in [-0.39, 0.29) is 10.8 Å². The molecule has 0 spiro atoms. The third-order valence-corrected chi connectivity index (χ3v) is 5.85. The van der Waals surface area contributed by atoms with Crippen molar-refractivity contribution >= 4 is 32.5 Å². The lowest BCUT2D eigenvalue weighted by atomic mass is 10.2. The summed E-state index contributed by atoms with van der Waals surface area (Å²) in [5.74, 6) is -0.167. The van der Waals surface area contributed by atoms with E-state index < -0.39 is 10.0 Å². The van der Waals surface area contributed by atoms with Crippen molar-refractivity contribution in [2.75, 3.05) is 12.4 Å². The second kappa shape index (κ2) is 7.31. The third kappa shape index (κ3) is 3.79. The zero-order valence-electron chi connectivity index (χ0n) is 14.7. The highest BCUT2D eigenvalue weighted by Crippen LogP contribution is 2.20. The Balaban J connectivity index is 1.70. The Hall–Kier alpha value is -2.64. The molecule has 0 bridgehead atoms. The molecule has 0 unspecified atom stereocenters. The maximum atomic E-state index is 12.3. The lowest BCUT2D eigenvalue weighted by Gasteiger charge is -2.11. The second-order valence-electron chi connectivity index (χ2n) is 6.05. The van der Waals surface area contributed by atoms with Gasteiger partial charge in [-0.2, -0.15) is 0 Å². The quantitative estimate of drug-likeness (QED) is 0.699. The Kier molecular flexibility index (Phi) is 5.11. The van der Waals surface area contributed by atoms with Crippen molar-refractivity contribution in [1.82, 2.24) is 9.29 Å². The zero-order chi connectivity index (χ0) is 18.7. The minimum atomic E-state index is -3.56. The number of fused-ring (bicyclic) bond motifs is 1. The van der Waals surface area contributed by atoms with Crippen LogP contribution in [0, 0.1) is 6.92 Å². The van der Waals surface area contributed by atoms with Gasteiger partial charge in [0.25, 0.3) is 0 Å². The van der Waals surface area contributed by atoms with E-state index in [0.717, 1.165) is 10.9 Å². The van der Waals surface area contributed by atoms with Crippen LogP contribution in [0.2, 0.25) is 0 Å². The van der Waals surface area contributed by atoms with Crippen LogP contribution in [0.3, 0.4) is 0 Å². The van der Waals surface area contributed by atoms with Gasteiger partial charge in [0, 0.05) is 30.4 Å². The number of benzene rings is 2. The summed E-state index contributed by atoms with van der Waals surface area (Å²) in [5, 5.41) is 3.90. The molecule has 3 aromatic rings. The zero-order valence-corrected chi connectivity index (χ0v) is 15.5. The van der Waals surface area contributed by atoms with Crippen LogP contribution in [0.15, 0.2) is 59.6 Å². The van der Waals surface area contributed by atoms with E-state index in [9.17, 15) is 13.2 Å². The summed E-state index contributed by atoms with van der Waals surface area (Å²) in [5.41, 5.74) is 2.17. The number of carbonyl (C=O) groups excluding carboxylic acids is 1. The van der Waals surface area contributed by atoms with Crippen LogP contribution in [0.4, 0.5) is 5.69 Å². The van der Waals surface area contributed by atoms with Crippen LogP contribution in [0.25, 0.3) is 10.9 Å². The van der Waals surface area contributed by atoms with Crippen LogP contribution in [-0.4, -0.2) is 25.9 Å². The largest absolute Gasteiger partial charge is 0.347 e. The average Bonchev–Trinajstić information content (AvgIpc) is 3.04. The van der Waals surface area contributed by atoms with Crippen molar-refractivity contribution < 1.29 is 13.2 Å². The SMILES string of the molecule is CNS(=O)(=O)c1cc(NC(=O)CCn2ccc3ccccc32)ccc1C. The number of amides is 1. The van der Waals surface area contributed by atoms with Crippen molar-refractivity contribution in [2.24, 2.45) is 0 Å². The van der Waals surface area contributed by atoms with E-state index >= 15 is 0 Å². The van der Waals surface area contributed by atoms with Crippen LogP contribution >= 0.6 is 0 Å². The van der Waals surface area contributed by atoms with Gasteiger partial charge >= 0.3 is 0 Å². The number of hydrogen-bond acceptors (Lipinski definition) is 3. The molecule has 136 valence electrons. The fourth-order valence-electron chi connectivity index (χ4n) is 2.86. The van der Waals surface area contributed by atoms with Crippen molar-refractivity contribution in [3.63, 3.8) is 0 Å². The summed E-state index contributed by atoms with van der Waals surface area (Å²) in [4.78, 5) is 12.4. The van der Waals surface area contributed by atoms with Crippen molar-refractivity contribution in [3.05, 3.63) is 60.3 Å². The van der Waals surface area contributed by atoms with Crippen LogP contribution in [0.1, 0.15) is 12.0 Å². The molecule has 0 fully saturated rings. The number of para-hydroxylation sites is 1. The molecule has 2 aromatic carbocycles. The van der Waals surface area contributed by atoms with Crippen LogP contribution < -0.4 is 10.0 Å². The first-order valence-corrected chi connectivity index (χ1v) is 9.77. The minimum absolute atomic E-state index is 0.161. The molecule has 0 atom stereocenters. The number of nitrogens with zero attached hydrogens (tertiary/aromatic N) is 1. The molecule has 0 radical (unpaired) electrons. The topological polar surface area (TPSA) is 80.2 Å². The lowest BCUT2D eigenvalue weighted by Crippen LogP contribution is -2.20. The standard InChI is InChI=1S/C19H21N3O3S/c1-14-7-8-16(13-18(14)26(24,25)20-2)21-19(23)10-12-22-11-9-15-5-3-4-6-17(15)22/h3-9,11,13,20H,10,12H2,1-2H3,(H,21,23). The molecule has 7 heteroatoms. The fraction of sp³-hybridized carbons (Fsp3) is 0.211. The molecule has 0 aliphatic rings. The molecule has 6 nitrogen and oxygen atoms in total. The molecule has 0 aliphatic carbocycles. The van der Waals surface area contributed by atoms with Gasteiger partial charge in [-0.15, -0.1) is 0 Å². The lowest BCUT2D eigenvalue weighted by molar-refractivity contribution is -0.116. The molecule has 1 amide bonds. The maximum Gasteiger partial charge on any atom is 0.240 e. The Morgan fingerprint density at radius 1 is 1.12 bits per heavy atom. The van der Waals surface area contributed by atoms with Gasteiger partial charge in [-0.25, -0.2) is 13.1 Å². The van der Waals surface area contributed by atoms with Crippen molar-refractivity contribution in [3.8, 4) is 0 Å². The van der Waals surface area contributed by atoms with Crippen molar-refractivity contribution in [1.29, 1.82) is 0 Å². The Bertz CT molecular complexity index is 1050. The van der Waals surface area contributed by atoms with Gasteiger partial charge in [0.2, 0.25) is 15.9 Å². The molecule has 1 aromatic heterocycles. The Morgan fingerprint density at radius 3 is 2.65 bits per heavy atom. The number of aromatic nitrogens is 1. The maximum absolute atomic E-state index is 12.3. The molecule has 0 saturated carbocycles. The normalized spacial score (nSPS) is 11.6. The smallest absolute Gasteiger partial charge is 0.240 e. The number of carbonyl (C=O) groups is 1. The van der Waals surface area contributed by atoms with E-state index in [1.165, 1.54) is 13.1 Å². The van der Waals surface area contributed by atoms with Gasteiger partial charge in [0.15, 0.2) is 0 Å². The summed E-state index contributed by atoms with van der Waals surface area (Å²) >= 11 is 0. The van der Waals surface area contributed by atoms with Crippen LogP contribution in [0.5, 0.6) is 0 Å². The van der Waals surface area contributed by atoms with Gasteiger partial charge in [0.1, 0.15) is 0 Å².